The molecule has 100 valence electrons. The number of aromatic amines is 1. The number of nitrogens with one attached hydrogen (secondary N) is 1. The molecule has 0 saturated heterocycles. The smallest absolute Gasteiger partial charge is 0.209 e. The molecule has 20 heavy (non-hydrogen) atoms. The second-order valence-electron chi connectivity index (χ2n) is 4.09. The number of pyridine rings is 1. The Morgan fingerprint density at radius 1 is 1.15 bits per heavy atom. The maximum Gasteiger partial charge on any atom is 0.209 e. The fourth-order valence-electron chi connectivity index (χ4n) is 1.70. The Labute approximate surface area is 125 Å². The third-order valence-electron chi connectivity index (χ3n) is 2.71. The Balaban J connectivity index is 1.71. The molecule has 0 aliphatic heterocycles. The van der Waals surface area contributed by atoms with Crippen molar-refractivity contribution in [2.75, 3.05) is 0 Å². The van der Waals surface area contributed by atoms with Crippen LogP contribution < -0.4 is 0 Å². The Kier molecular flexibility index (Phi) is 3.99. The molecular weight excluding hydrogens is 292 g/mol. The predicted molar refractivity (Wildman–Crippen MR) is 80.6 cm³/mol. The van der Waals surface area contributed by atoms with E-state index in [4.69, 9.17) is 11.6 Å². The molecule has 0 spiro atoms. The number of rotatable bonds is 4. The van der Waals surface area contributed by atoms with Gasteiger partial charge in [-0.25, -0.2) is 4.98 Å². The molecule has 0 fully saturated rings. The van der Waals surface area contributed by atoms with E-state index in [1.807, 2.05) is 36.4 Å². The van der Waals surface area contributed by atoms with Gasteiger partial charge >= 0.3 is 0 Å². The summed E-state index contributed by atoms with van der Waals surface area (Å²) in [7, 11) is 0. The molecule has 3 aromatic rings. The fraction of sp³-hybridized carbons (Fsp3) is 0.0714. The molecule has 0 saturated carbocycles. The van der Waals surface area contributed by atoms with Crippen molar-refractivity contribution < 1.29 is 0 Å². The summed E-state index contributed by atoms with van der Waals surface area (Å²) in [6.45, 7) is 0. The lowest BCUT2D eigenvalue weighted by molar-refractivity contribution is 0.973. The summed E-state index contributed by atoms with van der Waals surface area (Å²) in [6, 6.07) is 11.6. The molecule has 1 N–H and O–H groups in total. The molecule has 0 radical (unpaired) electrons. The van der Waals surface area contributed by atoms with E-state index in [-0.39, 0.29) is 0 Å². The van der Waals surface area contributed by atoms with Crippen LogP contribution in [0.1, 0.15) is 5.56 Å². The van der Waals surface area contributed by atoms with Crippen molar-refractivity contribution >= 4 is 23.4 Å². The van der Waals surface area contributed by atoms with E-state index in [1.165, 1.54) is 0 Å². The Morgan fingerprint density at radius 2 is 2.05 bits per heavy atom. The van der Waals surface area contributed by atoms with Gasteiger partial charge in [0.15, 0.2) is 5.82 Å². The molecule has 0 unspecified atom stereocenters. The van der Waals surface area contributed by atoms with Crippen LogP contribution in [-0.4, -0.2) is 20.2 Å². The van der Waals surface area contributed by atoms with Crippen LogP contribution in [-0.2, 0) is 5.75 Å². The fourth-order valence-corrected chi connectivity index (χ4v) is 2.78. The molecular formula is C14H11ClN4S. The average molecular weight is 303 g/mol. The number of aromatic nitrogens is 4. The van der Waals surface area contributed by atoms with E-state index in [2.05, 4.69) is 20.2 Å². The Bertz CT molecular complexity index is 699. The number of thioether (sulfide) groups is 1. The van der Waals surface area contributed by atoms with Gasteiger partial charge < -0.3 is 0 Å². The van der Waals surface area contributed by atoms with Gasteiger partial charge in [-0.3, -0.25) is 10.1 Å². The van der Waals surface area contributed by atoms with Crippen molar-refractivity contribution in [3.05, 3.63) is 59.4 Å². The van der Waals surface area contributed by atoms with E-state index >= 15 is 0 Å². The Morgan fingerprint density at radius 3 is 2.85 bits per heavy atom. The SMILES string of the molecule is Clc1ccccc1CSc1n[nH]c(-c2cccnc2)n1. The first kappa shape index (κ1) is 13.1. The zero-order valence-corrected chi connectivity index (χ0v) is 12.0. The highest BCUT2D eigenvalue weighted by atomic mass is 35.5. The molecule has 1 aromatic carbocycles. The van der Waals surface area contributed by atoms with Gasteiger partial charge in [0.05, 0.1) is 0 Å². The average Bonchev–Trinajstić information content (AvgIpc) is 2.96. The van der Waals surface area contributed by atoms with Crippen molar-refractivity contribution in [3.63, 3.8) is 0 Å². The van der Waals surface area contributed by atoms with E-state index in [0.717, 1.165) is 27.7 Å². The van der Waals surface area contributed by atoms with Gasteiger partial charge in [-0.05, 0) is 23.8 Å². The molecule has 3 rings (SSSR count). The van der Waals surface area contributed by atoms with Crippen molar-refractivity contribution in [1.29, 1.82) is 0 Å². The lowest BCUT2D eigenvalue weighted by Gasteiger charge is -2.00. The number of nitrogens with zero attached hydrogens (tertiary/aromatic N) is 3. The van der Waals surface area contributed by atoms with Gasteiger partial charge in [-0.2, -0.15) is 0 Å². The molecule has 0 bridgehead atoms. The van der Waals surface area contributed by atoms with Crippen molar-refractivity contribution in [1.82, 2.24) is 20.2 Å². The normalized spacial score (nSPS) is 10.7. The van der Waals surface area contributed by atoms with Crippen LogP contribution in [0, 0.1) is 0 Å². The first-order valence-corrected chi connectivity index (χ1v) is 7.38. The predicted octanol–water partition coefficient (Wildman–Crippen LogP) is 3.81. The highest BCUT2D eigenvalue weighted by molar-refractivity contribution is 7.98. The maximum absolute atomic E-state index is 6.12. The molecule has 0 aliphatic rings. The van der Waals surface area contributed by atoms with Crippen LogP contribution in [0.15, 0.2) is 53.9 Å². The van der Waals surface area contributed by atoms with Gasteiger partial charge in [0.25, 0.3) is 0 Å². The lowest BCUT2D eigenvalue weighted by Crippen LogP contribution is -1.83. The van der Waals surface area contributed by atoms with E-state index < -0.39 is 0 Å². The minimum atomic E-state index is 0.698. The summed E-state index contributed by atoms with van der Waals surface area (Å²) in [4.78, 5) is 8.50. The zero-order chi connectivity index (χ0) is 13.8. The van der Waals surface area contributed by atoms with E-state index in [9.17, 15) is 0 Å². The Hall–Kier alpha value is -1.85. The highest BCUT2D eigenvalue weighted by Crippen LogP contribution is 2.25. The molecule has 4 nitrogen and oxygen atoms in total. The van der Waals surface area contributed by atoms with Crippen LogP contribution in [0.25, 0.3) is 11.4 Å². The largest absolute Gasteiger partial charge is 0.264 e. The molecule has 2 aromatic heterocycles. The van der Waals surface area contributed by atoms with E-state index in [0.29, 0.717) is 5.16 Å². The third-order valence-corrected chi connectivity index (χ3v) is 3.98. The summed E-state index contributed by atoms with van der Waals surface area (Å²) in [5, 5.41) is 8.58. The molecule has 2 heterocycles. The van der Waals surface area contributed by atoms with Crippen LogP contribution in [0.3, 0.4) is 0 Å². The van der Waals surface area contributed by atoms with Gasteiger partial charge in [0.2, 0.25) is 5.16 Å². The zero-order valence-electron chi connectivity index (χ0n) is 10.5. The summed E-state index contributed by atoms with van der Waals surface area (Å²) in [6.07, 6.45) is 3.48. The van der Waals surface area contributed by atoms with Crippen LogP contribution in [0.5, 0.6) is 0 Å². The number of hydrogen-bond acceptors (Lipinski definition) is 4. The highest BCUT2D eigenvalue weighted by Gasteiger charge is 2.07. The minimum Gasteiger partial charge on any atom is -0.264 e. The van der Waals surface area contributed by atoms with Gasteiger partial charge in [0, 0.05) is 28.7 Å². The van der Waals surface area contributed by atoms with Crippen LogP contribution >= 0.6 is 23.4 Å². The number of benzene rings is 1. The number of halogens is 1. The molecule has 6 heteroatoms. The first-order chi connectivity index (χ1) is 9.83. The van der Waals surface area contributed by atoms with Gasteiger partial charge in [0.1, 0.15) is 0 Å². The second kappa shape index (κ2) is 6.07. The topological polar surface area (TPSA) is 54.5 Å². The van der Waals surface area contributed by atoms with Crippen LogP contribution in [0.4, 0.5) is 0 Å². The summed E-state index contributed by atoms with van der Waals surface area (Å²) < 4.78 is 0. The molecule has 0 atom stereocenters. The summed E-state index contributed by atoms with van der Waals surface area (Å²) >= 11 is 7.67. The van der Waals surface area contributed by atoms with Crippen molar-refractivity contribution in [2.24, 2.45) is 0 Å². The monoisotopic (exact) mass is 302 g/mol. The standard InChI is InChI=1S/C14H11ClN4S/c15-12-6-2-1-4-11(12)9-20-14-17-13(18-19-14)10-5-3-7-16-8-10/h1-8H,9H2,(H,17,18,19). The summed E-state index contributed by atoms with van der Waals surface area (Å²) in [5.74, 6) is 1.46. The van der Waals surface area contributed by atoms with Crippen molar-refractivity contribution in [3.8, 4) is 11.4 Å². The summed E-state index contributed by atoms with van der Waals surface area (Å²) in [5.41, 5.74) is 2.00. The van der Waals surface area contributed by atoms with Gasteiger partial charge in [-0.1, -0.05) is 41.6 Å². The second-order valence-corrected chi connectivity index (χ2v) is 5.44. The molecule has 0 aliphatic carbocycles. The van der Waals surface area contributed by atoms with Crippen LogP contribution in [0.2, 0.25) is 5.02 Å². The third kappa shape index (κ3) is 3.00. The number of hydrogen-bond donors (Lipinski definition) is 1. The first-order valence-electron chi connectivity index (χ1n) is 6.02. The quantitative estimate of drug-likeness (QED) is 0.745. The molecule has 0 amide bonds. The van der Waals surface area contributed by atoms with Crippen molar-refractivity contribution in [2.45, 2.75) is 10.9 Å². The lowest BCUT2D eigenvalue weighted by atomic mass is 10.2. The van der Waals surface area contributed by atoms with E-state index in [1.54, 1.807) is 24.2 Å². The van der Waals surface area contributed by atoms with Gasteiger partial charge in [-0.15, -0.1) is 5.10 Å². The minimum absolute atomic E-state index is 0.698. The maximum atomic E-state index is 6.12. The number of H-pyrrole nitrogens is 1.